The first kappa shape index (κ1) is 23.4. The molecule has 0 saturated heterocycles. The molecule has 164 valence electrons. The van der Waals surface area contributed by atoms with Gasteiger partial charge in [-0.1, -0.05) is 44.2 Å². The average Bonchev–Trinajstić information content (AvgIpc) is 3.22. The molecule has 2 N–H and O–H groups in total. The molecule has 1 atom stereocenters. The molecule has 2 aromatic heterocycles. The third kappa shape index (κ3) is 4.65. The number of benzene rings is 1. The monoisotopic (exact) mass is 456 g/mol. The van der Waals surface area contributed by atoms with Crippen molar-refractivity contribution in [1.82, 2.24) is 14.6 Å². The topological polar surface area (TPSA) is 56.7 Å². The smallest absolute Gasteiger partial charge is 0.155 e. The lowest BCUT2D eigenvalue weighted by atomic mass is 9.91. The molecule has 0 radical (unpaired) electrons. The summed E-state index contributed by atoms with van der Waals surface area (Å²) in [5, 5.41) is 1.30. The van der Waals surface area contributed by atoms with E-state index in [2.05, 4.69) is 35.7 Å². The molecular formula is C24H30FN4PS. The molecule has 31 heavy (non-hydrogen) atoms. The van der Waals surface area contributed by atoms with Crippen molar-refractivity contribution in [1.29, 1.82) is 0 Å². The minimum atomic E-state index is -0.265. The maximum Gasteiger partial charge on any atom is 0.155 e. The van der Waals surface area contributed by atoms with Crippen molar-refractivity contribution in [3.8, 4) is 21.1 Å². The van der Waals surface area contributed by atoms with Gasteiger partial charge in [0.15, 0.2) is 5.82 Å². The van der Waals surface area contributed by atoms with Crippen LogP contribution in [0.5, 0.6) is 0 Å². The normalized spacial score (nSPS) is 12.1. The number of nitrogens with two attached hydrogens (primary N) is 1. The molecule has 0 aliphatic carbocycles. The summed E-state index contributed by atoms with van der Waals surface area (Å²) in [6.45, 7) is 14.3. The fourth-order valence-corrected chi connectivity index (χ4v) is 5.12. The predicted octanol–water partition coefficient (Wildman–Crippen LogP) is 6.04. The molecule has 0 fully saturated rings. The zero-order valence-corrected chi connectivity index (χ0v) is 20.8. The number of hydrogen-bond donors (Lipinski definition) is 1. The van der Waals surface area contributed by atoms with Gasteiger partial charge in [0.2, 0.25) is 0 Å². The number of nitrogen functional groups attached to an aromatic ring is 1. The van der Waals surface area contributed by atoms with Crippen LogP contribution in [-0.2, 0) is 0 Å². The van der Waals surface area contributed by atoms with E-state index in [9.17, 15) is 4.39 Å². The second-order valence-electron chi connectivity index (χ2n) is 7.87. The molecule has 1 aromatic carbocycles. The van der Waals surface area contributed by atoms with Crippen LogP contribution in [-0.4, -0.2) is 14.6 Å². The Morgan fingerprint density at radius 2 is 1.94 bits per heavy atom. The van der Waals surface area contributed by atoms with Gasteiger partial charge in [-0.2, -0.15) is 0 Å². The van der Waals surface area contributed by atoms with Crippen LogP contribution >= 0.6 is 20.6 Å². The molecule has 0 spiro atoms. The van der Waals surface area contributed by atoms with Crippen molar-refractivity contribution in [3.63, 3.8) is 0 Å². The molecule has 3 rings (SSSR count). The van der Waals surface area contributed by atoms with Gasteiger partial charge in [-0.15, -0.1) is 20.6 Å². The Hall–Kier alpha value is -2.30. The van der Waals surface area contributed by atoms with Gasteiger partial charge in [0.05, 0.1) is 16.3 Å². The number of aryl methyl sites for hydroxylation is 2. The Kier molecular flexibility index (Phi) is 7.13. The maximum absolute atomic E-state index is 14.1. The van der Waals surface area contributed by atoms with E-state index in [0.29, 0.717) is 11.2 Å². The number of halogens is 1. The molecule has 0 aliphatic rings. The molecule has 1 unspecified atom stereocenters. The van der Waals surface area contributed by atoms with Crippen LogP contribution in [0.15, 0.2) is 36.4 Å². The number of imidazole rings is 1. The summed E-state index contributed by atoms with van der Waals surface area (Å²) in [4.78, 5) is 10.5. The van der Waals surface area contributed by atoms with E-state index in [1.807, 2.05) is 26.8 Å². The van der Waals surface area contributed by atoms with Gasteiger partial charge < -0.3 is 5.84 Å². The molecule has 0 aliphatic heterocycles. The molecule has 4 nitrogen and oxygen atoms in total. The first-order valence-electron chi connectivity index (χ1n) is 10.4. The van der Waals surface area contributed by atoms with Gasteiger partial charge in [-0.05, 0) is 45.6 Å². The van der Waals surface area contributed by atoms with Crippen molar-refractivity contribution in [2.45, 2.75) is 47.5 Å². The van der Waals surface area contributed by atoms with Crippen LogP contribution in [0.2, 0.25) is 0 Å². The minimum absolute atomic E-state index is 0.265. The van der Waals surface area contributed by atoms with Crippen LogP contribution in [0.25, 0.3) is 26.7 Å². The number of hydrogen-bond acceptors (Lipinski definition) is 4. The van der Waals surface area contributed by atoms with E-state index in [0.717, 1.165) is 62.3 Å². The van der Waals surface area contributed by atoms with Crippen LogP contribution in [0.4, 0.5) is 4.39 Å². The van der Waals surface area contributed by atoms with Gasteiger partial charge in [-0.3, -0.25) is 0 Å². The van der Waals surface area contributed by atoms with Gasteiger partial charge in [0.1, 0.15) is 16.5 Å². The van der Waals surface area contributed by atoms with E-state index in [1.165, 1.54) is 17.4 Å². The highest BCUT2D eigenvalue weighted by molar-refractivity contribution is 7.27. The Morgan fingerprint density at radius 3 is 2.52 bits per heavy atom. The molecular weight excluding hydrogens is 426 g/mol. The van der Waals surface area contributed by atoms with E-state index in [4.69, 9.17) is 15.8 Å². The second-order valence-corrected chi connectivity index (χ2v) is 9.49. The summed E-state index contributed by atoms with van der Waals surface area (Å²) in [5.74, 6) is 7.46. The van der Waals surface area contributed by atoms with Crippen molar-refractivity contribution in [2.75, 3.05) is 5.84 Å². The Labute approximate surface area is 190 Å². The second kappa shape index (κ2) is 9.46. The first-order chi connectivity index (χ1) is 14.7. The van der Waals surface area contributed by atoms with Crippen LogP contribution in [0, 0.1) is 25.6 Å². The Bertz CT molecular complexity index is 1150. The number of allylic oxidation sites excluding steroid dienone is 3. The largest absolute Gasteiger partial charge is 0.337 e. The van der Waals surface area contributed by atoms with Gasteiger partial charge in [-0.25, -0.2) is 19.0 Å². The van der Waals surface area contributed by atoms with Crippen LogP contribution < -0.4 is 11.1 Å². The average molecular weight is 457 g/mol. The van der Waals surface area contributed by atoms with E-state index >= 15 is 0 Å². The zero-order chi connectivity index (χ0) is 22.9. The minimum Gasteiger partial charge on any atom is -0.337 e. The molecule has 0 saturated carbocycles. The quantitative estimate of drug-likeness (QED) is 0.268. The third-order valence-electron chi connectivity index (χ3n) is 5.43. The van der Waals surface area contributed by atoms with Crippen molar-refractivity contribution in [3.05, 3.63) is 59.5 Å². The fraction of sp³-hybridized carbons (Fsp3) is 0.333. The van der Waals surface area contributed by atoms with Crippen LogP contribution in [0.3, 0.4) is 0 Å². The molecule has 0 bridgehead atoms. The van der Waals surface area contributed by atoms with Crippen molar-refractivity contribution >= 4 is 31.5 Å². The summed E-state index contributed by atoms with van der Waals surface area (Å²) < 4.78 is 15.8. The number of aromatic nitrogens is 3. The molecule has 0 amide bonds. The van der Waals surface area contributed by atoms with Gasteiger partial charge in [0, 0.05) is 16.4 Å². The summed E-state index contributed by atoms with van der Waals surface area (Å²) in [7, 11) is 2.40. The number of nitrogens with zero attached hydrogens (tertiary/aromatic N) is 3. The highest BCUT2D eigenvalue weighted by Gasteiger charge is 2.24. The van der Waals surface area contributed by atoms with Crippen molar-refractivity contribution < 1.29 is 4.39 Å². The first-order valence-corrected chi connectivity index (χ1v) is 11.8. The summed E-state index contributed by atoms with van der Waals surface area (Å²) in [5.41, 5.74) is 5.38. The van der Waals surface area contributed by atoms with E-state index in [1.54, 1.807) is 10.7 Å². The lowest BCUT2D eigenvalue weighted by Gasteiger charge is -2.17. The van der Waals surface area contributed by atoms with Gasteiger partial charge >= 0.3 is 0 Å². The Morgan fingerprint density at radius 1 is 1.26 bits per heavy atom. The Balaban J connectivity index is 2.13. The van der Waals surface area contributed by atoms with E-state index in [-0.39, 0.29) is 5.82 Å². The molecule has 2 heterocycles. The van der Waals surface area contributed by atoms with Crippen LogP contribution in [0.1, 0.15) is 50.8 Å². The molecule has 7 heteroatoms. The van der Waals surface area contributed by atoms with E-state index < -0.39 is 0 Å². The highest BCUT2D eigenvalue weighted by Crippen LogP contribution is 2.38. The predicted molar refractivity (Wildman–Crippen MR) is 135 cm³/mol. The standard InChI is InChI=1S/C24H30FN4PS/c1-7-16(8-2)18(11-13(3)4)23-27-14(5)21(29(23)26)22-15(6)28-24(31-22)17-9-10-20(30)19(25)12-17/h9-12,16H,3,7-8,26,30H2,1-2,4-6H3/b18-11-. The zero-order valence-electron chi connectivity index (χ0n) is 18.8. The SMILES string of the molecule is C=C(C)/C=C(\c1nc(C)c(-c2sc(-c3ccc(P)c(F)c3)nc2C)n1N)C(CC)CC. The fourth-order valence-electron chi connectivity index (χ4n) is 3.78. The number of thiazole rings is 1. The highest BCUT2D eigenvalue weighted by atomic mass is 32.1. The summed E-state index contributed by atoms with van der Waals surface area (Å²) in [6.07, 6.45) is 4.08. The van der Waals surface area contributed by atoms with Crippen molar-refractivity contribution in [2.24, 2.45) is 5.92 Å². The number of rotatable bonds is 7. The summed E-state index contributed by atoms with van der Waals surface area (Å²) in [6, 6.07) is 5.14. The third-order valence-corrected chi connectivity index (χ3v) is 7.11. The van der Waals surface area contributed by atoms with Gasteiger partial charge in [0.25, 0.3) is 0 Å². The maximum atomic E-state index is 14.1. The summed E-state index contributed by atoms with van der Waals surface area (Å²) >= 11 is 1.51. The lowest BCUT2D eigenvalue weighted by molar-refractivity contribution is 0.616. The lowest BCUT2D eigenvalue weighted by Crippen LogP contribution is -2.16. The molecule has 3 aromatic rings.